The number of rotatable bonds is 3. The zero-order valence-corrected chi connectivity index (χ0v) is 11.9. The molecule has 1 aliphatic rings. The fourth-order valence-electron chi connectivity index (χ4n) is 2.62. The van der Waals surface area contributed by atoms with Gasteiger partial charge in [0.25, 0.3) is 0 Å². The van der Waals surface area contributed by atoms with E-state index in [1.54, 1.807) is 0 Å². The Labute approximate surface area is 117 Å². The van der Waals surface area contributed by atoms with E-state index in [-0.39, 0.29) is 10.8 Å². The highest BCUT2D eigenvalue weighted by molar-refractivity contribution is 6.29. The van der Waals surface area contributed by atoms with Crippen molar-refractivity contribution in [3.05, 3.63) is 27.4 Å². The molecular formula is C13H18ClN3O2. The van der Waals surface area contributed by atoms with Crippen molar-refractivity contribution in [3.63, 3.8) is 0 Å². The van der Waals surface area contributed by atoms with Gasteiger partial charge in [-0.1, -0.05) is 18.5 Å². The second-order valence-corrected chi connectivity index (χ2v) is 5.65. The lowest BCUT2D eigenvalue weighted by molar-refractivity contribution is -0.384. The number of hydrogen-bond donors (Lipinski definition) is 0. The van der Waals surface area contributed by atoms with Crippen LogP contribution in [0.3, 0.4) is 0 Å². The standard InChI is InChI=1S/C13H18ClN3O2/c1-9-3-5-10(6-4-9)16(2)13-11(17(18)19)7-8-12(14)15-13/h7-10H,3-6H2,1-2H3. The Morgan fingerprint density at radius 1 is 1.37 bits per heavy atom. The highest BCUT2D eigenvalue weighted by Crippen LogP contribution is 2.33. The fourth-order valence-corrected chi connectivity index (χ4v) is 2.77. The van der Waals surface area contributed by atoms with Crippen molar-refractivity contribution in [1.29, 1.82) is 0 Å². The van der Waals surface area contributed by atoms with Gasteiger partial charge in [-0.05, 0) is 37.7 Å². The molecule has 104 valence electrons. The summed E-state index contributed by atoms with van der Waals surface area (Å²) < 4.78 is 0. The van der Waals surface area contributed by atoms with Crippen LogP contribution in [0.4, 0.5) is 11.5 Å². The summed E-state index contributed by atoms with van der Waals surface area (Å²) in [6, 6.07) is 3.19. The van der Waals surface area contributed by atoms with Gasteiger partial charge in [0.15, 0.2) is 0 Å². The molecule has 0 aromatic carbocycles. The second-order valence-electron chi connectivity index (χ2n) is 5.26. The molecule has 0 N–H and O–H groups in total. The van der Waals surface area contributed by atoms with Crippen LogP contribution in [-0.4, -0.2) is 23.0 Å². The number of anilines is 1. The fraction of sp³-hybridized carbons (Fsp3) is 0.615. The van der Waals surface area contributed by atoms with Gasteiger partial charge in [0, 0.05) is 19.2 Å². The van der Waals surface area contributed by atoms with Crippen molar-refractivity contribution in [1.82, 2.24) is 4.98 Å². The predicted octanol–water partition coefficient (Wildman–Crippen LogP) is 3.66. The molecule has 0 saturated heterocycles. The number of nitro groups is 1. The first-order valence-electron chi connectivity index (χ1n) is 6.52. The minimum atomic E-state index is -0.402. The molecule has 19 heavy (non-hydrogen) atoms. The summed E-state index contributed by atoms with van der Waals surface area (Å²) in [4.78, 5) is 16.7. The van der Waals surface area contributed by atoms with Crippen LogP contribution in [0.2, 0.25) is 5.15 Å². The van der Waals surface area contributed by atoms with Gasteiger partial charge in [0.1, 0.15) is 5.15 Å². The quantitative estimate of drug-likeness (QED) is 0.482. The summed E-state index contributed by atoms with van der Waals surface area (Å²) >= 11 is 5.87. The van der Waals surface area contributed by atoms with E-state index in [4.69, 9.17) is 11.6 Å². The van der Waals surface area contributed by atoms with E-state index in [1.165, 1.54) is 12.1 Å². The van der Waals surface area contributed by atoms with Crippen LogP contribution in [0, 0.1) is 16.0 Å². The molecule has 1 aromatic heterocycles. The molecule has 1 fully saturated rings. The molecule has 0 amide bonds. The smallest absolute Gasteiger partial charge is 0.311 e. The van der Waals surface area contributed by atoms with Crippen LogP contribution >= 0.6 is 11.6 Å². The van der Waals surface area contributed by atoms with Crippen LogP contribution < -0.4 is 4.90 Å². The van der Waals surface area contributed by atoms with Crippen LogP contribution in [0.5, 0.6) is 0 Å². The van der Waals surface area contributed by atoms with E-state index in [2.05, 4.69) is 11.9 Å². The number of aromatic nitrogens is 1. The number of halogens is 1. The molecule has 1 aliphatic carbocycles. The zero-order valence-electron chi connectivity index (χ0n) is 11.2. The second kappa shape index (κ2) is 5.74. The van der Waals surface area contributed by atoms with Gasteiger partial charge >= 0.3 is 5.69 Å². The van der Waals surface area contributed by atoms with E-state index >= 15 is 0 Å². The molecule has 1 saturated carbocycles. The Morgan fingerprint density at radius 2 is 2.00 bits per heavy atom. The third kappa shape index (κ3) is 3.15. The van der Waals surface area contributed by atoms with E-state index in [9.17, 15) is 10.1 Å². The van der Waals surface area contributed by atoms with Crippen molar-refractivity contribution < 1.29 is 4.92 Å². The first-order chi connectivity index (χ1) is 8.99. The molecule has 1 aromatic rings. The molecule has 0 bridgehead atoms. The molecule has 0 atom stereocenters. The lowest BCUT2D eigenvalue weighted by Crippen LogP contribution is -2.35. The van der Waals surface area contributed by atoms with E-state index in [0.29, 0.717) is 11.9 Å². The average molecular weight is 284 g/mol. The van der Waals surface area contributed by atoms with Crippen molar-refractivity contribution in [3.8, 4) is 0 Å². The third-order valence-corrected chi connectivity index (χ3v) is 4.09. The van der Waals surface area contributed by atoms with E-state index in [0.717, 1.165) is 31.6 Å². The van der Waals surface area contributed by atoms with E-state index < -0.39 is 4.92 Å². The summed E-state index contributed by atoms with van der Waals surface area (Å²) in [5, 5.41) is 11.4. The topological polar surface area (TPSA) is 59.3 Å². The lowest BCUT2D eigenvalue weighted by atomic mass is 9.87. The van der Waals surface area contributed by atoms with Crippen LogP contribution in [0.25, 0.3) is 0 Å². The normalized spacial score (nSPS) is 23.1. The zero-order chi connectivity index (χ0) is 14.0. The maximum atomic E-state index is 11.1. The molecule has 0 spiro atoms. The van der Waals surface area contributed by atoms with Crippen LogP contribution in [0.15, 0.2) is 12.1 Å². The summed E-state index contributed by atoms with van der Waals surface area (Å²) in [7, 11) is 1.87. The largest absolute Gasteiger partial charge is 0.351 e. The Balaban J connectivity index is 2.25. The Morgan fingerprint density at radius 3 is 2.58 bits per heavy atom. The Kier molecular flexibility index (Phi) is 4.24. The molecule has 2 rings (SSSR count). The monoisotopic (exact) mass is 283 g/mol. The van der Waals surface area contributed by atoms with Gasteiger partial charge in [-0.25, -0.2) is 4.98 Å². The molecule has 1 heterocycles. The highest BCUT2D eigenvalue weighted by atomic mass is 35.5. The average Bonchev–Trinajstić information content (AvgIpc) is 2.38. The maximum absolute atomic E-state index is 11.1. The lowest BCUT2D eigenvalue weighted by Gasteiger charge is -2.34. The first kappa shape index (κ1) is 14.1. The summed E-state index contributed by atoms with van der Waals surface area (Å²) in [6.45, 7) is 2.25. The minimum absolute atomic E-state index is 0.0190. The predicted molar refractivity (Wildman–Crippen MR) is 75.7 cm³/mol. The van der Waals surface area contributed by atoms with Crippen molar-refractivity contribution in [2.24, 2.45) is 5.92 Å². The SMILES string of the molecule is CC1CCC(N(C)c2nc(Cl)ccc2[N+](=O)[O-])CC1. The van der Waals surface area contributed by atoms with Gasteiger partial charge in [-0.2, -0.15) is 0 Å². The molecule has 0 aliphatic heterocycles. The van der Waals surface area contributed by atoms with Gasteiger partial charge < -0.3 is 4.90 Å². The number of pyridine rings is 1. The molecule has 5 nitrogen and oxygen atoms in total. The molecule has 0 radical (unpaired) electrons. The van der Waals surface area contributed by atoms with Crippen molar-refractivity contribution >= 4 is 23.1 Å². The summed E-state index contributed by atoms with van der Waals surface area (Å²) in [5.74, 6) is 1.11. The van der Waals surface area contributed by atoms with Gasteiger partial charge in [0.05, 0.1) is 4.92 Å². The molecule has 6 heteroatoms. The number of hydrogen-bond acceptors (Lipinski definition) is 4. The summed E-state index contributed by atoms with van der Waals surface area (Å²) in [5.41, 5.74) is 0.0190. The first-order valence-corrected chi connectivity index (χ1v) is 6.90. The van der Waals surface area contributed by atoms with Gasteiger partial charge in [-0.15, -0.1) is 0 Å². The Bertz CT molecular complexity index is 473. The van der Waals surface area contributed by atoms with Crippen molar-refractivity contribution in [2.45, 2.75) is 38.6 Å². The molecular weight excluding hydrogens is 266 g/mol. The van der Waals surface area contributed by atoms with Crippen LogP contribution in [-0.2, 0) is 0 Å². The maximum Gasteiger partial charge on any atom is 0.311 e. The molecule has 0 unspecified atom stereocenters. The number of nitrogens with zero attached hydrogens (tertiary/aromatic N) is 3. The van der Waals surface area contributed by atoms with Crippen LogP contribution in [0.1, 0.15) is 32.6 Å². The van der Waals surface area contributed by atoms with Gasteiger partial charge in [0.2, 0.25) is 5.82 Å². The highest BCUT2D eigenvalue weighted by Gasteiger charge is 2.27. The van der Waals surface area contributed by atoms with E-state index in [1.807, 2.05) is 11.9 Å². The van der Waals surface area contributed by atoms with Crippen molar-refractivity contribution in [2.75, 3.05) is 11.9 Å². The minimum Gasteiger partial charge on any atom is -0.351 e. The summed E-state index contributed by atoms with van der Waals surface area (Å²) in [6.07, 6.45) is 4.40. The third-order valence-electron chi connectivity index (χ3n) is 3.88. The van der Waals surface area contributed by atoms with Gasteiger partial charge in [-0.3, -0.25) is 10.1 Å². The Hall–Kier alpha value is -1.36.